The Hall–Kier alpha value is -2.26. The van der Waals surface area contributed by atoms with Gasteiger partial charge in [0.2, 0.25) is 5.91 Å². The van der Waals surface area contributed by atoms with Crippen LogP contribution in [0.5, 0.6) is 0 Å². The molecule has 9 nitrogen and oxygen atoms in total. The van der Waals surface area contributed by atoms with Gasteiger partial charge in [-0.3, -0.25) is 14.2 Å². The summed E-state index contributed by atoms with van der Waals surface area (Å²) in [6, 6.07) is 1.56. The molecule has 33 heavy (non-hydrogen) atoms. The van der Waals surface area contributed by atoms with Crippen LogP contribution < -0.4 is 11.0 Å². The van der Waals surface area contributed by atoms with Crippen molar-refractivity contribution in [2.24, 2.45) is 11.8 Å². The highest BCUT2D eigenvalue weighted by molar-refractivity contribution is 5.89. The predicted molar refractivity (Wildman–Crippen MR) is 125 cm³/mol. The maximum atomic E-state index is 12.4. The standard InChI is InChI=1S/C24H39N3O6/c1-17(2)9-5-7-11-20(28)25-19-13-14-27(24(30)26-19)21-15-32-23(33-21)16-31-22(29)12-8-6-10-18(3)4/h13-14,17-18,21,23H,5-12,15-16H2,1-4H3,(H,25,26,28,30)/t21-,23-/m0/s1. The number of amides is 1. The second kappa shape index (κ2) is 14.1. The number of nitrogens with one attached hydrogen (secondary N) is 1. The van der Waals surface area contributed by atoms with Crippen molar-refractivity contribution in [1.29, 1.82) is 0 Å². The molecule has 1 aliphatic rings. The van der Waals surface area contributed by atoms with Crippen molar-refractivity contribution in [2.45, 2.75) is 91.6 Å². The molecule has 9 heteroatoms. The predicted octanol–water partition coefficient (Wildman–Crippen LogP) is 4.03. The van der Waals surface area contributed by atoms with Crippen LogP contribution in [0.15, 0.2) is 17.1 Å². The highest BCUT2D eigenvalue weighted by atomic mass is 16.7. The molecule has 1 N–H and O–H groups in total. The molecular weight excluding hydrogens is 426 g/mol. The molecular formula is C24H39N3O6. The molecule has 1 aromatic heterocycles. The Labute approximate surface area is 196 Å². The van der Waals surface area contributed by atoms with E-state index < -0.39 is 18.2 Å². The van der Waals surface area contributed by atoms with Gasteiger partial charge in [-0.05, 0) is 30.7 Å². The number of unbranched alkanes of at least 4 members (excludes halogenated alkanes) is 2. The van der Waals surface area contributed by atoms with Crippen molar-refractivity contribution in [3.05, 3.63) is 22.7 Å². The van der Waals surface area contributed by atoms with E-state index in [9.17, 15) is 14.4 Å². The summed E-state index contributed by atoms with van der Waals surface area (Å²) >= 11 is 0. The quantitative estimate of drug-likeness (QED) is 0.326. The average Bonchev–Trinajstić information content (AvgIpc) is 3.21. The topological polar surface area (TPSA) is 109 Å². The summed E-state index contributed by atoms with van der Waals surface area (Å²) in [6.07, 6.45) is 6.66. The van der Waals surface area contributed by atoms with E-state index in [1.165, 1.54) is 10.8 Å². The van der Waals surface area contributed by atoms with Gasteiger partial charge in [-0.2, -0.15) is 4.98 Å². The first-order valence-electron chi connectivity index (χ1n) is 12.1. The molecule has 1 amide bonds. The van der Waals surface area contributed by atoms with Crippen molar-refractivity contribution < 1.29 is 23.8 Å². The van der Waals surface area contributed by atoms with Crippen molar-refractivity contribution in [3.63, 3.8) is 0 Å². The number of carbonyl (C=O) groups is 2. The van der Waals surface area contributed by atoms with E-state index >= 15 is 0 Å². The molecule has 0 bridgehead atoms. The molecule has 0 unspecified atom stereocenters. The Morgan fingerprint density at radius 3 is 2.42 bits per heavy atom. The molecule has 2 atom stereocenters. The van der Waals surface area contributed by atoms with Crippen LogP contribution in [0.3, 0.4) is 0 Å². The zero-order chi connectivity index (χ0) is 24.2. The first-order valence-corrected chi connectivity index (χ1v) is 12.1. The summed E-state index contributed by atoms with van der Waals surface area (Å²) in [5, 5.41) is 2.66. The highest BCUT2D eigenvalue weighted by Gasteiger charge is 2.29. The molecule has 1 saturated heterocycles. The van der Waals surface area contributed by atoms with E-state index in [2.05, 4.69) is 38.0 Å². The van der Waals surface area contributed by atoms with E-state index in [4.69, 9.17) is 14.2 Å². The van der Waals surface area contributed by atoms with Crippen LogP contribution in [0.1, 0.15) is 85.3 Å². The molecule has 1 aromatic rings. The number of anilines is 1. The summed E-state index contributed by atoms with van der Waals surface area (Å²) in [6.45, 7) is 8.74. The largest absolute Gasteiger partial charge is 0.460 e. The van der Waals surface area contributed by atoms with E-state index in [0.29, 0.717) is 24.7 Å². The van der Waals surface area contributed by atoms with Gasteiger partial charge in [0.15, 0.2) is 12.5 Å². The van der Waals surface area contributed by atoms with Crippen molar-refractivity contribution in [1.82, 2.24) is 9.55 Å². The van der Waals surface area contributed by atoms with Gasteiger partial charge in [-0.15, -0.1) is 0 Å². The minimum atomic E-state index is -0.730. The minimum absolute atomic E-state index is 0.0212. The minimum Gasteiger partial charge on any atom is -0.460 e. The Balaban J connectivity index is 1.73. The molecule has 0 aromatic carbocycles. The number of nitrogens with zero attached hydrogens (tertiary/aromatic N) is 2. The number of aromatic nitrogens is 2. The fourth-order valence-electron chi connectivity index (χ4n) is 3.48. The summed E-state index contributed by atoms with van der Waals surface area (Å²) in [5.41, 5.74) is -0.552. The van der Waals surface area contributed by atoms with Crippen molar-refractivity contribution in [3.8, 4) is 0 Å². The molecule has 186 valence electrons. The summed E-state index contributed by atoms with van der Waals surface area (Å²) < 4.78 is 17.7. The van der Waals surface area contributed by atoms with Crippen LogP contribution in [0.25, 0.3) is 0 Å². The lowest BCUT2D eigenvalue weighted by Crippen LogP contribution is -2.29. The van der Waals surface area contributed by atoms with Gasteiger partial charge in [0.05, 0.1) is 6.61 Å². The van der Waals surface area contributed by atoms with Gasteiger partial charge < -0.3 is 19.5 Å². The lowest BCUT2D eigenvalue weighted by molar-refractivity contribution is -0.159. The van der Waals surface area contributed by atoms with Crippen LogP contribution >= 0.6 is 0 Å². The molecule has 0 radical (unpaired) electrons. The van der Waals surface area contributed by atoms with Gasteiger partial charge in [0, 0.05) is 19.0 Å². The summed E-state index contributed by atoms with van der Waals surface area (Å²) in [7, 11) is 0. The van der Waals surface area contributed by atoms with Crippen molar-refractivity contribution >= 4 is 17.7 Å². The molecule has 2 heterocycles. The third kappa shape index (κ3) is 10.5. The first-order chi connectivity index (χ1) is 15.7. The Morgan fingerprint density at radius 1 is 1.12 bits per heavy atom. The molecule has 2 rings (SSSR count). The second-order valence-electron chi connectivity index (χ2n) is 9.37. The number of rotatable bonds is 14. The molecule has 1 aliphatic heterocycles. The average molecular weight is 466 g/mol. The third-order valence-corrected chi connectivity index (χ3v) is 5.37. The number of hydrogen-bond donors (Lipinski definition) is 1. The lowest BCUT2D eigenvalue weighted by Gasteiger charge is -2.14. The van der Waals surface area contributed by atoms with E-state index in [1.54, 1.807) is 6.07 Å². The SMILES string of the molecule is CC(C)CCCCC(=O)Nc1ccn([C@@H]2CO[C@H](COC(=O)CCCCC(C)C)O2)c(=O)n1. The van der Waals surface area contributed by atoms with Gasteiger partial charge in [-0.25, -0.2) is 4.79 Å². The van der Waals surface area contributed by atoms with Crippen LogP contribution in [-0.2, 0) is 23.8 Å². The number of carbonyl (C=O) groups excluding carboxylic acids is 2. The van der Waals surface area contributed by atoms with Crippen LogP contribution in [-0.4, -0.2) is 40.9 Å². The van der Waals surface area contributed by atoms with Gasteiger partial charge in [0.25, 0.3) is 0 Å². The fourth-order valence-corrected chi connectivity index (χ4v) is 3.48. The van der Waals surface area contributed by atoms with E-state index in [1.807, 2.05) is 0 Å². The number of ether oxygens (including phenoxy) is 3. The summed E-state index contributed by atoms with van der Waals surface area (Å²) in [4.78, 5) is 40.2. The smallest absolute Gasteiger partial charge is 0.351 e. The first kappa shape index (κ1) is 27.0. The monoisotopic (exact) mass is 465 g/mol. The zero-order valence-electron chi connectivity index (χ0n) is 20.4. The van der Waals surface area contributed by atoms with E-state index in [0.717, 1.165) is 38.5 Å². The fraction of sp³-hybridized carbons (Fsp3) is 0.750. The maximum absolute atomic E-state index is 12.4. The maximum Gasteiger partial charge on any atom is 0.351 e. The van der Waals surface area contributed by atoms with Crippen LogP contribution in [0.4, 0.5) is 5.82 Å². The number of hydrogen-bond acceptors (Lipinski definition) is 7. The Bertz CT molecular complexity index is 808. The second-order valence-corrected chi connectivity index (χ2v) is 9.37. The summed E-state index contributed by atoms with van der Waals surface area (Å²) in [5.74, 6) is 1.02. The number of esters is 1. The zero-order valence-corrected chi connectivity index (χ0v) is 20.4. The van der Waals surface area contributed by atoms with Gasteiger partial charge >= 0.3 is 11.7 Å². The van der Waals surface area contributed by atoms with E-state index in [-0.39, 0.29) is 30.9 Å². The lowest BCUT2D eigenvalue weighted by atomic mass is 10.1. The van der Waals surface area contributed by atoms with Crippen LogP contribution in [0, 0.1) is 11.8 Å². The third-order valence-electron chi connectivity index (χ3n) is 5.37. The van der Waals surface area contributed by atoms with Crippen LogP contribution in [0.2, 0.25) is 0 Å². The molecule has 0 aliphatic carbocycles. The van der Waals surface area contributed by atoms with Gasteiger partial charge in [0.1, 0.15) is 12.4 Å². The highest BCUT2D eigenvalue weighted by Crippen LogP contribution is 2.20. The Morgan fingerprint density at radius 2 is 1.79 bits per heavy atom. The van der Waals surface area contributed by atoms with Crippen molar-refractivity contribution in [2.75, 3.05) is 18.5 Å². The molecule has 0 spiro atoms. The normalized spacial score (nSPS) is 18.1. The van der Waals surface area contributed by atoms with Gasteiger partial charge in [-0.1, -0.05) is 53.4 Å². The Kier molecular flexibility index (Phi) is 11.5. The molecule has 0 saturated carbocycles. The molecule has 1 fully saturated rings.